The van der Waals surface area contributed by atoms with Gasteiger partial charge in [0.15, 0.2) is 0 Å². The van der Waals surface area contributed by atoms with Gasteiger partial charge in [-0.15, -0.1) is 0 Å². The summed E-state index contributed by atoms with van der Waals surface area (Å²) in [6.07, 6.45) is 0. The second-order valence-electron chi connectivity index (χ2n) is 2.90. The highest BCUT2D eigenvalue weighted by atomic mass is 19.1. The fourth-order valence-corrected chi connectivity index (χ4v) is 0.861. The highest BCUT2D eigenvalue weighted by Gasteiger charge is 2.05. The predicted octanol–water partition coefficient (Wildman–Crippen LogP) is 2.06. The number of rotatable bonds is 2. The average molecular weight is 230 g/mol. The first kappa shape index (κ1) is 14.2. The molecule has 2 N–H and O–H groups in total. The van der Waals surface area contributed by atoms with E-state index in [-0.39, 0.29) is 17.7 Å². The van der Waals surface area contributed by atoms with Crippen molar-refractivity contribution in [2.45, 2.75) is 6.92 Å². The number of aliphatic hydroxyl groups excluding tert-OH is 1. The maximum atomic E-state index is 12.9. The maximum Gasteiger partial charge on any atom is 0.300 e. The van der Waals surface area contributed by atoms with E-state index in [1.807, 2.05) is 0 Å². The van der Waals surface area contributed by atoms with Crippen LogP contribution < -0.4 is 0 Å². The lowest BCUT2D eigenvalue weighted by Gasteiger charge is -2.02. The van der Waals surface area contributed by atoms with Crippen molar-refractivity contribution in [3.63, 3.8) is 0 Å². The fraction of sp³-hybridized carbons (Fsp3) is 0.182. The van der Waals surface area contributed by atoms with Gasteiger partial charge in [-0.1, -0.05) is 6.58 Å². The van der Waals surface area contributed by atoms with Gasteiger partial charge in [-0.2, -0.15) is 0 Å². The van der Waals surface area contributed by atoms with Gasteiger partial charge in [0.25, 0.3) is 5.97 Å². The lowest BCUT2D eigenvalue weighted by molar-refractivity contribution is -0.134. The molecule has 0 aliphatic heterocycles. The van der Waals surface area contributed by atoms with Gasteiger partial charge in [0.1, 0.15) is 11.6 Å². The molecule has 1 rings (SSSR count). The summed E-state index contributed by atoms with van der Waals surface area (Å²) in [5.41, 5.74) is 0.395. The van der Waals surface area contributed by atoms with E-state index in [1.165, 1.54) is 6.07 Å². The van der Waals surface area contributed by atoms with Crippen LogP contribution in [0.4, 0.5) is 8.78 Å². The van der Waals surface area contributed by atoms with Gasteiger partial charge in [0.2, 0.25) is 0 Å². The average Bonchev–Trinajstić information content (AvgIpc) is 2.16. The Hall–Kier alpha value is -1.75. The molecule has 0 radical (unpaired) electrons. The molecule has 0 unspecified atom stereocenters. The van der Waals surface area contributed by atoms with Crippen molar-refractivity contribution in [2.75, 3.05) is 6.61 Å². The zero-order valence-corrected chi connectivity index (χ0v) is 8.70. The van der Waals surface area contributed by atoms with Gasteiger partial charge in [-0.05, 0) is 17.7 Å². The number of carboxylic acids is 1. The molecule has 1 aromatic rings. The van der Waals surface area contributed by atoms with Crippen molar-refractivity contribution in [2.24, 2.45) is 0 Å². The molecular formula is C11H12F2O3. The standard InChI is InChI=1S/C9H8F2O.C2H4O2/c1-6(5-12)8-3-2-7(10)4-9(8)11;1-2(3)4/h2-4,12H,1,5H2;1H3,(H,3,4). The van der Waals surface area contributed by atoms with Crippen molar-refractivity contribution in [1.29, 1.82) is 0 Å². The van der Waals surface area contributed by atoms with Gasteiger partial charge in [0, 0.05) is 18.6 Å². The molecule has 0 aromatic heterocycles. The number of halogens is 2. The number of hydrogen-bond acceptors (Lipinski definition) is 2. The molecule has 0 amide bonds. The molecule has 0 heterocycles. The Bertz CT molecular complexity index is 385. The number of carboxylic acid groups (broad SMARTS) is 1. The molecule has 0 spiro atoms. The smallest absolute Gasteiger partial charge is 0.300 e. The summed E-state index contributed by atoms with van der Waals surface area (Å²) in [6, 6.07) is 3.14. The van der Waals surface area contributed by atoms with E-state index in [4.69, 9.17) is 15.0 Å². The minimum Gasteiger partial charge on any atom is -0.481 e. The predicted molar refractivity (Wildman–Crippen MR) is 55.8 cm³/mol. The Kier molecular flexibility index (Phi) is 5.95. The minimum absolute atomic E-state index is 0.152. The van der Waals surface area contributed by atoms with Gasteiger partial charge in [-0.25, -0.2) is 8.78 Å². The van der Waals surface area contributed by atoms with Gasteiger partial charge < -0.3 is 10.2 Å². The molecule has 0 bridgehead atoms. The molecule has 5 heteroatoms. The Labute approximate surface area is 91.7 Å². The third-order valence-corrected chi connectivity index (χ3v) is 1.50. The molecule has 0 saturated heterocycles. The highest BCUT2D eigenvalue weighted by molar-refractivity contribution is 5.64. The van der Waals surface area contributed by atoms with Crippen LogP contribution in [0.15, 0.2) is 24.8 Å². The zero-order valence-electron chi connectivity index (χ0n) is 8.70. The first-order chi connectivity index (χ1) is 7.38. The first-order valence-electron chi connectivity index (χ1n) is 4.32. The van der Waals surface area contributed by atoms with Crippen LogP contribution >= 0.6 is 0 Å². The number of carbonyl (C=O) groups is 1. The largest absolute Gasteiger partial charge is 0.481 e. The summed E-state index contributed by atoms with van der Waals surface area (Å²) >= 11 is 0. The summed E-state index contributed by atoms with van der Waals surface area (Å²) in [4.78, 5) is 9.00. The van der Waals surface area contributed by atoms with E-state index in [2.05, 4.69) is 6.58 Å². The Morgan fingerprint density at radius 3 is 2.31 bits per heavy atom. The summed E-state index contributed by atoms with van der Waals surface area (Å²) < 4.78 is 25.3. The molecule has 0 atom stereocenters. The summed E-state index contributed by atoms with van der Waals surface area (Å²) in [6.45, 7) is 4.17. The quantitative estimate of drug-likeness (QED) is 0.817. The minimum atomic E-state index is -0.833. The van der Waals surface area contributed by atoms with Crippen molar-refractivity contribution in [1.82, 2.24) is 0 Å². The van der Waals surface area contributed by atoms with Crippen LogP contribution in [0, 0.1) is 11.6 Å². The van der Waals surface area contributed by atoms with Crippen LogP contribution in [-0.4, -0.2) is 22.8 Å². The molecule has 3 nitrogen and oxygen atoms in total. The van der Waals surface area contributed by atoms with E-state index in [0.717, 1.165) is 19.1 Å². The monoisotopic (exact) mass is 230 g/mol. The molecule has 0 fully saturated rings. The Morgan fingerprint density at radius 1 is 1.44 bits per heavy atom. The van der Waals surface area contributed by atoms with Crippen LogP contribution in [0.3, 0.4) is 0 Å². The fourth-order valence-electron chi connectivity index (χ4n) is 0.861. The summed E-state index contributed by atoms with van der Waals surface area (Å²) in [7, 11) is 0. The van der Waals surface area contributed by atoms with E-state index in [0.29, 0.717) is 0 Å². The molecule has 0 saturated carbocycles. The summed E-state index contributed by atoms with van der Waals surface area (Å²) in [5.74, 6) is -2.17. The van der Waals surface area contributed by atoms with Gasteiger partial charge in [-0.3, -0.25) is 4.79 Å². The van der Waals surface area contributed by atoms with Crippen LogP contribution in [0.25, 0.3) is 5.57 Å². The van der Waals surface area contributed by atoms with E-state index < -0.39 is 17.6 Å². The highest BCUT2D eigenvalue weighted by Crippen LogP contribution is 2.16. The molecule has 88 valence electrons. The van der Waals surface area contributed by atoms with Gasteiger partial charge >= 0.3 is 0 Å². The Balaban J connectivity index is 0.000000487. The second-order valence-corrected chi connectivity index (χ2v) is 2.90. The molecule has 0 aliphatic rings. The number of aliphatic hydroxyl groups is 1. The maximum absolute atomic E-state index is 12.9. The van der Waals surface area contributed by atoms with Gasteiger partial charge in [0.05, 0.1) is 6.61 Å². The van der Waals surface area contributed by atoms with Crippen LogP contribution in [0.1, 0.15) is 12.5 Å². The number of aliphatic carboxylic acids is 1. The van der Waals surface area contributed by atoms with Crippen LogP contribution in [0.5, 0.6) is 0 Å². The van der Waals surface area contributed by atoms with E-state index >= 15 is 0 Å². The normalized spacial score (nSPS) is 9.00. The second kappa shape index (κ2) is 6.68. The molecule has 1 aromatic carbocycles. The van der Waals surface area contributed by atoms with Crippen LogP contribution in [0.2, 0.25) is 0 Å². The SMILES string of the molecule is C=C(CO)c1ccc(F)cc1F.CC(=O)O. The summed E-state index contributed by atoms with van der Waals surface area (Å²) in [5, 5.41) is 16.0. The topological polar surface area (TPSA) is 57.5 Å². The van der Waals surface area contributed by atoms with Crippen molar-refractivity contribution < 1.29 is 23.8 Å². The number of benzene rings is 1. The Morgan fingerprint density at radius 2 is 1.94 bits per heavy atom. The van der Waals surface area contributed by atoms with Crippen molar-refractivity contribution in [3.05, 3.63) is 42.0 Å². The van der Waals surface area contributed by atoms with E-state index in [9.17, 15) is 8.78 Å². The third kappa shape index (κ3) is 5.21. The third-order valence-electron chi connectivity index (χ3n) is 1.50. The first-order valence-corrected chi connectivity index (χ1v) is 4.32. The lowest BCUT2D eigenvalue weighted by Crippen LogP contribution is -1.93. The van der Waals surface area contributed by atoms with E-state index in [1.54, 1.807) is 0 Å². The molecule has 0 aliphatic carbocycles. The number of hydrogen-bond donors (Lipinski definition) is 2. The van der Waals surface area contributed by atoms with Crippen LogP contribution in [-0.2, 0) is 4.79 Å². The lowest BCUT2D eigenvalue weighted by atomic mass is 10.1. The molecule has 16 heavy (non-hydrogen) atoms. The molecular weight excluding hydrogens is 218 g/mol. The van der Waals surface area contributed by atoms with Crippen molar-refractivity contribution >= 4 is 11.5 Å². The zero-order chi connectivity index (χ0) is 12.7. The van der Waals surface area contributed by atoms with Crippen molar-refractivity contribution in [3.8, 4) is 0 Å².